The Kier molecular flexibility index (Phi) is 12.3. The van der Waals surface area contributed by atoms with Crippen molar-refractivity contribution >= 4 is 12.4 Å². The molecule has 0 aliphatic heterocycles. The van der Waals surface area contributed by atoms with E-state index in [1.165, 1.54) is 0 Å². The highest BCUT2D eigenvalue weighted by atomic mass is 16.7. The molecular weight excluding hydrogens is 534 g/mol. The molecular formula is C34H35NO7. The molecule has 0 heterocycles. The smallest absolute Gasteiger partial charge is 0.335 e. The summed E-state index contributed by atoms with van der Waals surface area (Å²) in [7, 11) is 0. The van der Waals surface area contributed by atoms with Crippen molar-refractivity contribution in [3.63, 3.8) is 0 Å². The standard InChI is InChI=1S/C34H35NO7/c36-26-35(42-25-30-19-11-4-12-20-30)21-31(39-22-27-13-5-1-6-14-27)32(40-23-28-15-7-2-8-16-28)33(34(37)38)41-24-29-17-9-3-10-18-29/h1-20,26,31-33H,21-25H2,(H,37,38)/t31-,32-,33-/m0/s1. The number of hydroxylamine groups is 2. The minimum absolute atomic E-state index is 0.0519. The van der Waals surface area contributed by atoms with Gasteiger partial charge in [0.2, 0.25) is 6.41 Å². The Balaban J connectivity index is 1.59. The van der Waals surface area contributed by atoms with Crippen LogP contribution in [0.3, 0.4) is 0 Å². The van der Waals surface area contributed by atoms with Gasteiger partial charge in [0.15, 0.2) is 6.10 Å². The molecule has 0 radical (unpaired) electrons. The minimum Gasteiger partial charge on any atom is -0.479 e. The van der Waals surface area contributed by atoms with Gasteiger partial charge in [-0.3, -0.25) is 9.63 Å². The minimum atomic E-state index is -1.41. The van der Waals surface area contributed by atoms with Crippen molar-refractivity contribution in [3.8, 4) is 0 Å². The van der Waals surface area contributed by atoms with Gasteiger partial charge in [-0.1, -0.05) is 121 Å². The summed E-state index contributed by atoms with van der Waals surface area (Å²) in [5.74, 6) is -1.21. The van der Waals surface area contributed by atoms with Crippen LogP contribution in [0.2, 0.25) is 0 Å². The quantitative estimate of drug-likeness (QED) is 0.126. The second-order valence-corrected chi connectivity index (χ2v) is 9.62. The number of ether oxygens (including phenoxy) is 3. The van der Waals surface area contributed by atoms with Gasteiger partial charge in [0.1, 0.15) is 18.8 Å². The number of carbonyl (C=O) groups excluding carboxylic acids is 1. The Labute approximate surface area is 246 Å². The molecule has 0 bridgehead atoms. The van der Waals surface area contributed by atoms with Crippen molar-refractivity contribution in [2.24, 2.45) is 0 Å². The number of carbonyl (C=O) groups is 2. The highest BCUT2D eigenvalue weighted by Gasteiger charge is 2.38. The van der Waals surface area contributed by atoms with Crippen LogP contribution in [0.4, 0.5) is 0 Å². The molecule has 8 heteroatoms. The van der Waals surface area contributed by atoms with E-state index in [0.717, 1.165) is 27.3 Å². The van der Waals surface area contributed by atoms with Crippen LogP contribution in [-0.4, -0.2) is 47.4 Å². The third kappa shape index (κ3) is 9.94. The van der Waals surface area contributed by atoms with Gasteiger partial charge in [-0.05, 0) is 22.3 Å². The van der Waals surface area contributed by atoms with Gasteiger partial charge >= 0.3 is 5.97 Å². The van der Waals surface area contributed by atoms with Crippen LogP contribution in [0.15, 0.2) is 121 Å². The average molecular weight is 570 g/mol. The first-order valence-electron chi connectivity index (χ1n) is 13.7. The van der Waals surface area contributed by atoms with Gasteiger partial charge in [-0.25, -0.2) is 9.86 Å². The number of nitrogens with zero attached hydrogens (tertiary/aromatic N) is 1. The van der Waals surface area contributed by atoms with E-state index in [4.69, 9.17) is 19.0 Å². The van der Waals surface area contributed by atoms with Gasteiger partial charge in [0.05, 0.1) is 26.4 Å². The third-order valence-electron chi connectivity index (χ3n) is 6.49. The SMILES string of the molecule is O=CN(C[C@H](OCc1ccccc1)[C@H](OCc1ccccc1)[C@H](OCc1ccccc1)C(=O)O)OCc1ccccc1. The van der Waals surface area contributed by atoms with E-state index in [9.17, 15) is 14.7 Å². The maximum atomic E-state index is 12.6. The van der Waals surface area contributed by atoms with Crippen molar-refractivity contribution in [1.82, 2.24) is 5.06 Å². The second kappa shape index (κ2) is 16.8. The number of rotatable bonds is 18. The molecule has 42 heavy (non-hydrogen) atoms. The Morgan fingerprint density at radius 3 is 1.45 bits per heavy atom. The summed E-state index contributed by atoms with van der Waals surface area (Å²) in [6.07, 6.45) is -2.88. The maximum absolute atomic E-state index is 12.6. The fourth-order valence-electron chi connectivity index (χ4n) is 4.29. The molecule has 0 unspecified atom stereocenters. The number of carboxylic acids is 1. The molecule has 218 valence electrons. The molecule has 3 atom stereocenters. The molecule has 0 saturated carbocycles. The first-order valence-corrected chi connectivity index (χ1v) is 13.7. The summed E-state index contributed by atoms with van der Waals surface area (Å²) in [5, 5.41) is 11.4. The normalized spacial score (nSPS) is 13.1. The van der Waals surface area contributed by atoms with Crippen LogP contribution in [0.5, 0.6) is 0 Å². The molecule has 8 nitrogen and oxygen atoms in total. The van der Waals surface area contributed by atoms with Gasteiger partial charge in [-0.15, -0.1) is 0 Å². The van der Waals surface area contributed by atoms with Gasteiger partial charge in [0.25, 0.3) is 0 Å². The lowest BCUT2D eigenvalue weighted by molar-refractivity contribution is -0.211. The summed E-state index contributed by atoms with van der Waals surface area (Å²) in [6.45, 7) is 0.374. The van der Waals surface area contributed by atoms with E-state index >= 15 is 0 Å². The van der Waals surface area contributed by atoms with Crippen LogP contribution in [0.25, 0.3) is 0 Å². The zero-order valence-electron chi connectivity index (χ0n) is 23.2. The molecule has 1 N–H and O–H groups in total. The molecule has 4 aromatic carbocycles. The Morgan fingerprint density at radius 2 is 1.02 bits per heavy atom. The van der Waals surface area contributed by atoms with E-state index in [1.54, 1.807) is 0 Å². The fourth-order valence-corrected chi connectivity index (χ4v) is 4.29. The number of hydrogen-bond acceptors (Lipinski definition) is 6. The molecule has 0 aromatic heterocycles. The van der Waals surface area contributed by atoms with E-state index < -0.39 is 24.3 Å². The molecule has 0 aliphatic carbocycles. The zero-order chi connectivity index (χ0) is 29.4. The van der Waals surface area contributed by atoms with E-state index in [0.29, 0.717) is 6.41 Å². The van der Waals surface area contributed by atoms with Crippen LogP contribution < -0.4 is 0 Å². The summed E-state index contributed by atoms with van der Waals surface area (Å²) < 4.78 is 18.5. The average Bonchev–Trinajstić information content (AvgIpc) is 3.04. The van der Waals surface area contributed by atoms with Gasteiger partial charge < -0.3 is 19.3 Å². The lowest BCUT2D eigenvalue weighted by Crippen LogP contribution is -2.51. The summed E-state index contributed by atoms with van der Waals surface area (Å²) >= 11 is 0. The zero-order valence-corrected chi connectivity index (χ0v) is 23.2. The Hall–Kier alpha value is -4.34. The van der Waals surface area contributed by atoms with Crippen LogP contribution >= 0.6 is 0 Å². The predicted molar refractivity (Wildman–Crippen MR) is 157 cm³/mol. The second-order valence-electron chi connectivity index (χ2n) is 9.62. The van der Waals surface area contributed by atoms with Crippen molar-refractivity contribution in [3.05, 3.63) is 144 Å². The number of aliphatic carboxylic acids is 1. The topological polar surface area (TPSA) is 94.5 Å². The Bertz CT molecular complexity index is 1320. The lowest BCUT2D eigenvalue weighted by atomic mass is 10.1. The number of hydrogen-bond donors (Lipinski definition) is 1. The van der Waals surface area contributed by atoms with Crippen molar-refractivity contribution in [2.75, 3.05) is 6.54 Å². The van der Waals surface area contributed by atoms with E-state index in [1.807, 2.05) is 121 Å². The molecule has 4 rings (SSSR count). The van der Waals surface area contributed by atoms with E-state index in [-0.39, 0.29) is 33.0 Å². The fraction of sp³-hybridized carbons (Fsp3) is 0.235. The summed E-state index contributed by atoms with van der Waals surface area (Å²) in [4.78, 5) is 30.5. The number of amides is 1. The van der Waals surface area contributed by atoms with Crippen LogP contribution in [-0.2, 0) is 55.1 Å². The van der Waals surface area contributed by atoms with Crippen molar-refractivity contribution in [1.29, 1.82) is 0 Å². The predicted octanol–water partition coefficient (Wildman–Crippen LogP) is 5.42. The molecule has 0 spiro atoms. The van der Waals surface area contributed by atoms with Crippen LogP contribution in [0, 0.1) is 0 Å². The van der Waals surface area contributed by atoms with Crippen molar-refractivity contribution in [2.45, 2.75) is 44.7 Å². The van der Waals surface area contributed by atoms with Crippen LogP contribution in [0.1, 0.15) is 22.3 Å². The maximum Gasteiger partial charge on any atom is 0.335 e. The number of carboxylic acid groups (broad SMARTS) is 1. The van der Waals surface area contributed by atoms with Gasteiger partial charge in [-0.2, -0.15) is 0 Å². The highest BCUT2D eigenvalue weighted by molar-refractivity contribution is 5.73. The van der Waals surface area contributed by atoms with E-state index in [2.05, 4.69) is 0 Å². The Morgan fingerprint density at radius 1 is 0.619 bits per heavy atom. The summed E-state index contributed by atoms with van der Waals surface area (Å²) in [5.41, 5.74) is 3.42. The third-order valence-corrected chi connectivity index (χ3v) is 6.49. The molecule has 0 fully saturated rings. The molecule has 4 aromatic rings. The lowest BCUT2D eigenvalue weighted by Gasteiger charge is -2.33. The largest absolute Gasteiger partial charge is 0.479 e. The molecule has 0 saturated heterocycles. The summed E-state index contributed by atoms with van der Waals surface area (Å²) in [6, 6.07) is 37.6. The monoisotopic (exact) mass is 569 g/mol. The van der Waals surface area contributed by atoms with Gasteiger partial charge in [0, 0.05) is 0 Å². The first kappa shape index (κ1) is 30.6. The number of benzene rings is 4. The molecule has 1 amide bonds. The first-order chi connectivity index (χ1) is 20.6. The highest BCUT2D eigenvalue weighted by Crippen LogP contribution is 2.20. The molecule has 0 aliphatic rings. The van der Waals surface area contributed by atoms with Crippen molar-refractivity contribution < 1.29 is 33.7 Å².